The lowest BCUT2D eigenvalue weighted by Crippen LogP contribution is -2.26. The van der Waals surface area contributed by atoms with Crippen LogP contribution in [0.25, 0.3) is 0 Å². The maximum absolute atomic E-state index is 13.3. The highest BCUT2D eigenvalue weighted by Gasteiger charge is 2.26. The topological polar surface area (TPSA) is 98.5 Å². The molecule has 0 spiro atoms. The number of para-hydroxylation sites is 1. The van der Waals surface area contributed by atoms with E-state index in [2.05, 4.69) is 14.7 Å². The third-order valence-electron chi connectivity index (χ3n) is 5.42. The number of amides is 1. The molecule has 2 aromatic heterocycles. The molecule has 0 aliphatic rings. The molecule has 1 atom stereocenters. The first-order valence-corrected chi connectivity index (χ1v) is 12.6. The number of nitrogens with zero attached hydrogens (tertiary/aromatic N) is 3. The average molecular weight is 527 g/mol. The summed E-state index contributed by atoms with van der Waals surface area (Å²) in [5, 5.41) is 14.3. The number of aromatic hydroxyl groups is 1. The van der Waals surface area contributed by atoms with Crippen LogP contribution in [0.5, 0.6) is 23.1 Å². The summed E-state index contributed by atoms with van der Waals surface area (Å²) < 4.78 is 16.9. The Morgan fingerprint density at radius 2 is 1.92 bits per heavy atom. The first-order valence-electron chi connectivity index (χ1n) is 11.4. The van der Waals surface area contributed by atoms with E-state index in [0.717, 1.165) is 22.8 Å². The Labute approximate surface area is 218 Å². The van der Waals surface area contributed by atoms with Gasteiger partial charge in [-0.25, -0.2) is 4.98 Å². The van der Waals surface area contributed by atoms with Crippen LogP contribution in [0.2, 0.25) is 5.02 Å². The van der Waals surface area contributed by atoms with E-state index in [1.54, 1.807) is 37.6 Å². The van der Waals surface area contributed by atoms with Crippen molar-refractivity contribution in [1.29, 1.82) is 0 Å². The molecule has 2 aromatic carbocycles. The third kappa shape index (κ3) is 6.35. The fourth-order valence-electron chi connectivity index (χ4n) is 3.69. The predicted molar refractivity (Wildman–Crippen MR) is 140 cm³/mol. The minimum atomic E-state index is -0.678. The van der Waals surface area contributed by atoms with Gasteiger partial charge in [-0.3, -0.25) is 10.1 Å². The van der Waals surface area contributed by atoms with E-state index in [1.807, 2.05) is 38.1 Å². The molecule has 0 saturated carbocycles. The van der Waals surface area contributed by atoms with Crippen molar-refractivity contribution in [3.8, 4) is 23.1 Å². The van der Waals surface area contributed by atoms with E-state index in [9.17, 15) is 9.90 Å². The van der Waals surface area contributed by atoms with Crippen LogP contribution in [0.1, 0.15) is 37.7 Å². The fourth-order valence-corrected chi connectivity index (χ4v) is 4.45. The van der Waals surface area contributed by atoms with Gasteiger partial charge in [0.25, 0.3) is 0 Å². The van der Waals surface area contributed by atoms with Gasteiger partial charge >= 0.3 is 0 Å². The van der Waals surface area contributed by atoms with Crippen molar-refractivity contribution in [2.45, 2.75) is 32.7 Å². The second kappa shape index (κ2) is 11.5. The molecule has 0 bridgehead atoms. The molecular weight excluding hydrogens is 500 g/mol. The lowest BCUT2D eigenvalue weighted by atomic mass is 10.0. The van der Waals surface area contributed by atoms with Gasteiger partial charge in [0.1, 0.15) is 29.1 Å². The number of nitrogens with one attached hydrogen (secondary N) is 1. The smallest absolute Gasteiger partial charge is 0.249 e. The second-order valence-corrected chi connectivity index (χ2v) is 9.81. The largest absolute Gasteiger partial charge is 0.497 e. The number of aromatic nitrogens is 3. The van der Waals surface area contributed by atoms with Crippen molar-refractivity contribution in [2.75, 3.05) is 12.4 Å². The monoisotopic (exact) mass is 526 g/mol. The molecule has 4 aromatic rings. The zero-order chi connectivity index (χ0) is 25.7. The highest BCUT2D eigenvalue weighted by molar-refractivity contribution is 7.09. The van der Waals surface area contributed by atoms with E-state index in [1.165, 1.54) is 10.6 Å². The van der Waals surface area contributed by atoms with E-state index >= 15 is 0 Å². The maximum Gasteiger partial charge on any atom is 0.249 e. The second-order valence-electron chi connectivity index (χ2n) is 8.65. The number of rotatable bonds is 10. The van der Waals surface area contributed by atoms with Crippen LogP contribution in [0.4, 0.5) is 5.13 Å². The summed E-state index contributed by atoms with van der Waals surface area (Å²) in [6.07, 6.45) is 2.63. The lowest BCUT2D eigenvalue weighted by Gasteiger charge is -2.20. The number of hydrogen-bond acceptors (Lipinski definition) is 7. The Morgan fingerprint density at radius 3 is 2.61 bits per heavy atom. The SMILES string of the molecule is COc1ccc(Cc2nsc(NC(=O)[C@H](CC(C)C)n3cc(Oc4ccccc4Cl)cc3O)n2)cc1. The number of methoxy groups -OCH3 is 1. The average Bonchev–Trinajstić information content (AvgIpc) is 3.44. The zero-order valence-corrected chi connectivity index (χ0v) is 21.7. The molecule has 0 saturated heterocycles. The Kier molecular flexibility index (Phi) is 8.12. The molecule has 36 heavy (non-hydrogen) atoms. The minimum absolute atomic E-state index is 0.0877. The maximum atomic E-state index is 13.3. The highest BCUT2D eigenvalue weighted by Crippen LogP contribution is 2.35. The molecule has 2 heterocycles. The molecule has 0 fully saturated rings. The van der Waals surface area contributed by atoms with E-state index in [4.69, 9.17) is 21.1 Å². The van der Waals surface area contributed by atoms with E-state index < -0.39 is 6.04 Å². The van der Waals surface area contributed by atoms with Crippen LogP contribution in [0, 0.1) is 5.92 Å². The molecule has 10 heteroatoms. The van der Waals surface area contributed by atoms with Gasteiger partial charge in [-0.1, -0.05) is 49.7 Å². The van der Waals surface area contributed by atoms with Gasteiger partial charge in [-0.05, 0) is 42.2 Å². The van der Waals surface area contributed by atoms with Crippen molar-refractivity contribution in [3.05, 3.63) is 77.2 Å². The van der Waals surface area contributed by atoms with E-state index in [0.29, 0.717) is 40.3 Å². The van der Waals surface area contributed by atoms with Gasteiger partial charge < -0.3 is 19.1 Å². The number of hydrogen-bond donors (Lipinski definition) is 2. The molecule has 0 aliphatic heterocycles. The molecule has 8 nitrogen and oxygen atoms in total. The van der Waals surface area contributed by atoms with Gasteiger partial charge in [0.05, 0.1) is 18.3 Å². The van der Waals surface area contributed by atoms with Crippen LogP contribution in [-0.2, 0) is 11.2 Å². The van der Waals surface area contributed by atoms with Crippen LogP contribution >= 0.6 is 23.1 Å². The summed E-state index contributed by atoms with van der Waals surface area (Å²) in [5.74, 6) is 2.03. The highest BCUT2D eigenvalue weighted by atomic mass is 35.5. The van der Waals surface area contributed by atoms with Gasteiger partial charge in [0.2, 0.25) is 11.0 Å². The molecule has 1 amide bonds. The van der Waals surface area contributed by atoms with Crippen LogP contribution in [-0.4, -0.2) is 32.0 Å². The van der Waals surface area contributed by atoms with E-state index in [-0.39, 0.29) is 17.7 Å². The minimum Gasteiger partial charge on any atom is -0.497 e. The quantitative estimate of drug-likeness (QED) is 0.251. The summed E-state index contributed by atoms with van der Waals surface area (Å²) in [4.78, 5) is 17.8. The standard InChI is InChI=1S/C26H27ClN4O4S/c1-16(2)12-21(31-15-19(14-24(31)32)35-22-7-5-4-6-20(22)27)25(33)29-26-28-23(30-36-26)13-17-8-10-18(34-3)11-9-17/h4-11,14-16,21,32H,12-13H2,1-3H3,(H,28,29,30,33)/t21-/m0/s1. The van der Waals surface area contributed by atoms with Crippen molar-refractivity contribution >= 4 is 34.2 Å². The first-order chi connectivity index (χ1) is 17.3. The Hall–Kier alpha value is -3.56. The Balaban J connectivity index is 1.48. The number of benzene rings is 2. The molecule has 4 rings (SSSR count). The number of carbonyl (C=O) groups excluding carboxylic acids is 1. The lowest BCUT2D eigenvalue weighted by molar-refractivity contribution is -0.119. The van der Waals surface area contributed by atoms with Crippen molar-refractivity contribution in [1.82, 2.24) is 13.9 Å². The molecule has 0 aliphatic carbocycles. The van der Waals surface area contributed by atoms with Gasteiger partial charge in [0, 0.05) is 24.0 Å². The zero-order valence-electron chi connectivity index (χ0n) is 20.1. The summed E-state index contributed by atoms with van der Waals surface area (Å²) in [5.41, 5.74) is 1.03. The number of carbonyl (C=O) groups is 1. The van der Waals surface area contributed by atoms with Gasteiger partial charge in [0.15, 0.2) is 5.88 Å². The summed E-state index contributed by atoms with van der Waals surface area (Å²) in [7, 11) is 1.62. The van der Waals surface area contributed by atoms with Crippen molar-refractivity contribution in [3.63, 3.8) is 0 Å². The summed E-state index contributed by atoms with van der Waals surface area (Å²) in [6, 6.07) is 15.5. The Morgan fingerprint density at radius 1 is 1.17 bits per heavy atom. The molecule has 188 valence electrons. The number of halogens is 1. The fraction of sp³-hybridized carbons (Fsp3) is 0.269. The Bertz CT molecular complexity index is 1320. The first kappa shape index (κ1) is 25.5. The normalized spacial score (nSPS) is 11.9. The number of ether oxygens (including phenoxy) is 2. The third-order valence-corrected chi connectivity index (χ3v) is 6.40. The molecule has 2 N–H and O–H groups in total. The van der Waals surface area contributed by atoms with Crippen LogP contribution < -0.4 is 14.8 Å². The summed E-state index contributed by atoms with van der Waals surface area (Å²) in [6.45, 7) is 4.03. The van der Waals surface area contributed by atoms with Crippen LogP contribution in [0.3, 0.4) is 0 Å². The van der Waals surface area contributed by atoms with Crippen molar-refractivity contribution < 1.29 is 19.4 Å². The van der Waals surface area contributed by atoms with Gasteiger partial charge in [-0.2, -0.15) is 4.37 Å². The predicted octanol–water partition coefficient (Wildman–Crippen LogP) is 6.32. The molecule has 0 radical (unpaired) electrons. The molecule has 0 unspecified atom stereocenters. The van der Waals surface area contributed by atoms with Crippen molar-refractivity contribution in [2.24, 2.45) is 5.92 Å². The number of anilines is 1. The molecular formula is C26H27ClN4O4S. The van der Waals surface area contributed by atoms with Crippen LogP contribution in [0.15, 0.2) is 60.8 Å². The van der Waals surface area contributed by atoms with Gasteiger partial charge in [-0.15, -0.1) is 0 Å². The summed E-state index contributed by atoms with van der Waals surface area (Å²) >= 11 is 7.30.